The van der Waals surface area contributed by atoms with E-state index in [1.165, 1.54) is 36.1 Å². The quantitative estimate of drug-likeness (QED) is 0.851. The van der Waals surface area contributed by atoms with Crippen LogP contribution < -0.4 is 5.32 Å². The van der Waals surface area contributed by atoms with E-state index in [-0.39, 0.29) is 22.7 Å². The molecule has 2 aromatic carbocycles. The number of hydrogen-bond donors (Lipinski definition) is 2. The first-order valence-electron chi connectivity index (χ1n) is 8.62. The van der Waals surface area contributed by atoms with Crippen LogP contribution in [0.3, 0.4) is 0 Å². The van der Waals surface area contributed by atoms with Gasteiger partial charge in [0.2, 0.25) is 0 Å². The summed E-state index contributed by atoms with van der Waals surface area (Å²) >= 11 is 5.90. The summed E-state index contributed by atoms with van der Waals surface area (Å²) in [4.78, 5) is 14.9. The number of aryl methyl sites for hydroxylation is 1. The molecule has 2 aromatic rings. The van der Waals surface area contributed by atoms with E-state index in [4.69, 9.17) is 11.6 Å². The highest BCUT2D eigenvalue weighted by atomic mass is 35.5. The van der Waals surface area contributed by atoms with Crippen molar-refractivity contribution >= 4 is 17.5 Å². The van der Waals surface area contributed by atoms with Crippen molar-refractivity contribution in [2.75, 3.05) is 19.6 Å². The molecule has 3 rings (SSSR count). The lowest BCUT2D eigenvalue weighted by molar-refractivity contribution is 0.0938. The molecular weight excluding hydrogens is 336 g/mol. The number of phenolic OH excluding ortho intramolecular Hbond substituents is 1. The molecule has 1 amide bonds. The third-order valence-electron chi connectivity index (χ3n) is 4.71. The Kier molecular flexibility index (Phi) is 5.61. The van der Waals surface area contributed by atoms with Crippen LogP contribution in [0, 0.1) is 6.92 Å². The molecule has 0 spiro atoms. The van der Waals surface area contributed by atoms with Crippen molar-refractivity contribution in [1.82, 2.24) is 10.2 Å². The molecule has 1 atom stereocenters. The summed E-state index contributed by atoms with van der Waals surface area (Å²) in [5.41, 5.74) is 2.90. The van der Waals surface area contributed by atoms with E-state index in [1.54, 1.807) is 6.07 Å². The van der Waals surface area contributed by atoms with E-state index < -0.39 is 0 Å². The van der Waals surface area contributed by atoms with Crippen LogP contribution in [0.5, 0.6) is 5.75 Å². The molecule has 132 valence electrons. The zero-order chi connectivity index (χ0) is 17.8. The molecule has 1 saturated heterocycles. The van der Waals surface area contributed by atoms with E-state index in [2.05, 4.69) is 41.4 Å². The average molecular weight is 359 g/mol. The van der Waals surface area contributed by atoms with Crippen LogP contribution in [-0.4, -0.2) is 35.5 Å². The molecule has 4 nitrogen and oxygen atoms in total. The average Bonchev–Trinajstić information content (AvgIpc) is 3.13. The van der Waals surface area contributed by atoms with Crippen molar-refractivity contribution < 1.29 is 9.90 Å². The molecule has 1 aliphatic heterocycles. The van der Waals surface area contributed by atoms with Gasteiger partial charge < -0.3 is 10.4 Å². The van der Waals surface area contributed by atoms with Crippen LogP contribution in [0.15, 0.2) is 42.5 Å². The van der Waals surface area contributed by atoms with Crippen LogP contribution in [0.1, 0.15) is 40.4 Å². The SMILES string of the molecule is Cc1ccc([C@H](CNC(=O)c2ccc(O)c(Cl)c2)N2CCCC2)cc1. The molecule has 0 radical (unpaired) electrons. The summed E-state index contributed by atoms with van der Waals surface area (Å²) in [5.74, 6) is -0.203. The summed E-state index contributed by atoms with van der Waals surface area (Å²) in [6.45, 7) is 4.73. The van der Waals surface area contributed by atoms with Crippen molar-refractivity contribution in [3.8, 4) is 5.75 Å². The molecule has 2 N–H and O–H groups in total. The number of amides is 1. The van der Waals surface area contributed by atoms with E-state index in [0.717, 1.165) is 13.1 Å². The van der Waals surface area contributed by atoms with Crippen molar-refractivity contribution in [3.05, 3.63) is 64.2 Å². The number of hydrogen-bond acceptors (Lipinski definition) is 3. The number of phenols is 1. The Balaban J connectivity index is 1.72. The van der Waals surface area contributed by atoms with Gasteiger partial charge >= 0.3 is 0 Å². The highest BCUT2D eigenvalue weighted by Gasteiger charge is 2.24. The summed E-state index contributed by atoms with van der Waals surface area (Å²) in [6, 6.07) is 13.2. The number of nitrogens with zero attached hydrogens (tertiary/aromatic N) is 1. The number of carbonyl (C=O) groups is 1. The number of carbonyl (C=O) groups excluding carboxylic acids is 1. The van der Waals surface area contributed by atoms with Gasteiger partial charge in [-0.15, -0.1) is 0 Å². The monoisotopic (exact) mass is 358 g/mol. The third-order valence-corrected chi connectivity index (χ3v) is 5.01. The zero-order valence-corrected chi connectivity index (χ0v) is 15.1. The number of benzene rings is 2. The van der Waals surface area contributed by atoms with Gasteiger partial charge in [-0.25, -0.2) is 0 Å². The number of aromatic hydroxyl groups is 1. The van der Waals surface area contributed by atoms with Gasteiger partial charge in [0.1, 0.15) is 5.75 Å². The van der Waals surface area contributed by atoms with Crippen LogP contribution in [0.25, 0.3) is 0 Å². The van der Waals surface area contributed by atoms with E-state index in [9.17, 15) is 9.90 Å². The minimum absolute atomic E-state index is 0.0205. The van der Waals surface area contributed by atoms with E-state index >= 15 is 0 Å². The molecule has 0 aromatic heterocycles. The van der Waals surface area contributed by atoms with E-state index in [1.807, 2.05) is 0 Å². The van der Waals surface area contributed by atoms with Crippen LogP contribution in [-0.2, 0) is 0 Å². The standard InChI is InChI=1S/C20H23ClN2O2/c1-14-4-6-15(7-5-14)18(23-10-2-3-11-23)13-22-20(25)16-8-9-19(24)17(21)12-16/h4-9,12,18,24H,2-3,10-11,13H2,1H3,(H,22,25)/t18-/m0/s1. The molecule has 0 unspecified atom stereocenters. The zero-order valence-electron chi connectivity index (χ0n) is 14.3. The number of rotatable bonds is 5. The van der Waals surface area contributed by atoms with Crippen molar-refractivity contribution in [3.63, 3.8) is 0 Å². The third kappa shape index (κ3) is 4.33. The Morgan fingerprint density at radius 1 is 1.20 bits per heavy atom. The summed E-state index contributed by atoms with van der Waals surface area (Å²) in [7, 11) is 0. The first-order valence-corrected chi connectivity index (χ1v) is 9.00. The van der Waals surface area contributed by atoms with E-state index in [0.29, 0.717) is 12.1 Å². The maximum Gasteiger partial charge on any atom is 0.251 e. The molecule has 1 heterocycles. The number of nitrogens with one attached hydrogen (secondary N) is 1. The predicted molar refractivity (Wildman–Crippen MR) is 100 cm³/mol. The molecule has 5 heteroatoms. The second-order valence-corrected chi connectivity index (χ2v) is 6.95. The molecule has 1 fully saturated rings. The van der Waals surface area contributed by atoms with Crippen molar-refractivity contribution in [2.24, 2.45) is 0 Å². The molecule has 1 aliphatic rings. The van der Waals surface area contributed by atoms with Gasteiger partial charge in [-0.05, 0) is 56.6 Å². The van der Waals surface area contributed by atoms with Crippen molar-refractivity contribution in [2.45, 2.75) is 25.8 Å². The van der Waals surface area contributed by atoms with Gasteiger partial charge in [0, 0.05) is 12.1 Å². The van der Waals surface area contributed by atoms with Crippen molar-refractivity contribution in [1.29, 1.82) is 0 Å². The van der Waals surface area contributed by atoms with Gasteiger partial charge in [0.25, 0.3) is 5.91 Å². The highest BCUT2D eigenvalue weighted by molar-refractivity contribution is 6.32. The summed E-state index contributed by atoms with van der Waals surface area (Å²) in [5, 5.41) is 12.7. The molecule has 0 bridgehead atoms. The van der Waals surface area contributed by atoms with Gasteiger partial charge in [0.05, 0.1) is 11.1 Å². The van der Waals surface area contributed by atoms with Gasteiger partial charge in [-0.1, -0.05) is 41.4 Å². The summed E-state index contributed by atoms with van der Waals surface area (Å²) in [6.07, 6.45) is 2.40. The van der Waals surface area contributed by atoms with Crippen LogP contribution in [0.2, 0.25) is 5.02 Å². The Labute approximate surface area is 153 Å². The fraction of sp³-hybridized carbons (Fsp3) is 0.350. The number of likely N-dealkylation sites (tertiary alicyclic amines) is 1. The smallest absolute Gasteiger partial charge is 0.251 e. The fourth-order valence-corrected chi connectivity index (χ4v) is 3.42. The van der Waals surface area contributed by atoms with Gasteiger partial charge in [0.15, 0.2) is 0 Å². The first-order chi connectivity index (χ1) is 12.0. The Bertz CT molecular complexity index is 740. The highest BCUT2D eigenvalue weighted by Crippen LogP contribution is 2.26. The largest absolute Gasteiger partial charge is 0.506 e. The molecular formula is C20H23ClN2O2. The molecule has 25 heavy (non-hydrogen) atoms. The first kappa shape index (κ1) is 17.8. The van der Waals surface area contributed by atoms with Crippen LogP contribution >= 0.6 is 11.6 Å². The predicted octanol–water partition coefficient (Wildman–Crippen LogP) is 3.92. The molecule has 0 saturated carbocycles. The lowest BCUT2D eigenvalue weighted by Gasteiger charge is -2.28. The van der Waals surface area contributed by atoms with Gasteiger partial charge in [-0.2, -0.15) is 0 Å². The van der Waals surface area contributed by atoms with Crippen LogP contribution in [0.4, 0.5) is 0 Å². The Morgan fingerprint density at radius 2 is 1.88 bits per heavy atom. The normalized spacial score (nSPS) is 15.9. The maximum absolute atomic E-state index is 12.4. The fourth-order valence-electron chi connectivity index (χ4n) is 3.24. The lowest BCUT2D eigenvalue weighted by Crippen LogP contribution is -2.36. The maximum atomic E-state index is 12.4. The molecule has 0 aliphatic carbocycles. The van der Waals surface area contributed by atoms with Gasteiger partial charge in [-0.3, -0.25) is 9.69 Å². The Hall–Kier alpha value is -2.04. The summed E-state index contributed by atoms with van der Waals surface area (Å²) < 4.78 is 0. The minimum Gasteiger partial charge on any atom is -0.506 e. The lowest BCUT2D eigenvalue weighted by atomic mass is 10.0. The Morgan fingerprint density at radius 3 is 2.52 bits per heavy atom. The number of halogens is 1. The minimum atomic E-state index is -0.182. The topological polar surface area (TPSA) is 52.6 Å². The second-order valence-electron chi connectivity index (χ2n) is 6.55. The second kappa shape index (κ2) is 7.89.